The van der Waals surface area contributed by atoms with Crippen molar-refractivity contribution in [2.24, 2.45) is 11.8 Å². The van der Waals surface area contributed by atoms with Gasteiger partial charge in [-0.2, -0.15) is 0 Å². The molecule has 42 heavy (non-hydrogen) atoms. The Kier molecular flexibility index (Phi) is 7.10. The highest BCUT2D eigenvalue weighted by molar-refractivity contribution is 6.06. The third kappa shape index (κ3) is 4.07. The standard InChI is InChI=1S/C34H39N3O5/c1-5-33-16-10-18-35(4)30(39)26(33)27-31(40)37(25(21-38)20-24-14-7-6-8-15-24)29-32(41)36(19-11-17-34(27,29)42-33)28-22(2)12-9-13-23(28)3/h6-17,25-27,29,38H,5,18-21H2,1-4H3/t25-,26-,27+,29?,33+,34+/m1/s1. The number of rotatable bonds is 6. The average Bonchev–Trinajstić information content (AvgIpc) is 3.29. The van der Waals surface area contributed by atoms with Crippen LogP contribution in [-0.4, -0.2) is 82.7 Å². The van der Waals surface area contributed by atoms with Crippen molar-refractivity contribution in [3.8, 4) is 0 Å². The molecule has 2 saturated heterocycles. The number of fused-ring (bicyclic) bond motifs is 2. The van der Waals surface area contributed by atoms with Crippen LogP contribution in [0.25, 0.3) is 0 Å². The maximum Gasteiger partial charge on any atom is 0.253 e. The normalized spacial score (nSPS) is 31.1. The van der Waals surface area contributed by atoms with Crippen molar-refractivity contribution in [1.82, 2.24) is 9.80 Å². The van der Waals surface area contributed by atoms with Gasteiger partial charge in [-0.25, -0.2) is 0 Å². The number of aryl methyl sites for hydroxylation is 2. The predicted molar refractivity (Wildman–Crippen MR) is 160 cm³/mol. The first kappa shape index (κ1) is 28.4. The highest BCUT2D eigenvalue weighted by atomic mass is 16.5. The van der Waals surface area contributed by atoms with Gasteiger partial charge >= 0.3 is 0 Å². The first-order valence-corrected chi connectivity index (χ1v) is 14.8. The fourth-order valence-electron chi connectivity index (χ4n) is 7.78. The molecule has 1 unspecified atom stereocenters. The number of hydrogen-bond acceptors (Lipinski definition) is 5. The van der Waals surface area contributed by atoms with Crippen molar-refractivity contribution in [2.45, 2.75) is 56.9 Å². The Hall–Kier alpha value is -3.75. The molecule has 3 amide bonds. The van der Waals surface area contributed by atoms with Crippen molar-refractivity contribution < 1.29 is 24.2 Å². The minimum atomic E-state index is -1.37. The monoisotopic (exact) mass is 569 g/mol. The van der Waals surface area contributed by atoms with E-state index >= 15 is 0 Å². The number of aliphatic hydroxyl groups is 1. The number of likely N-dealkylation sites (tertiary alicyclic amines) is 1. The number of amides is 3. The van der Waals surface area contributed by atoms with E-state index in [1.54, 1.807) is 21.7 Å². The second kappa shape index (κ2) is 10.5. The van der Waals surface area contributed by atoms with Crippen LogP contribution in [-0.2, 0) is 25.5 Å². The van der Waals surface area contributed by atoms with Crippen LogP contribution in [0.1, 0.15) is 30.0 Å². The zero-order valence-corrected chi connectivity index (χ0v) is 24.7. The number of anilines is 1. The van der Waals surface area contributed by atoms with Crippen LogP contribution in [0.15, 0.2) is 72.8 Å². The zero-order valence-electron chi connectivity index (χ0n) is 24.7. The van der Waals surface area contributed by atoms with Gasteiger partial charge in [0.2, 0.25) is 11.8 Å². The van der Waals surface area contributed by atoms with E-state index in [2.05, 4.69) is 0 Å². The van der Waals surface area contributed by atoms with E-state index in [-0.39, 0.29) is 24.3 Å². The molecule has 2 fully saturated rings. The predicted octanol–water partition coefficient (Wildman–Crippen LogP) is 3.20. The van der Waals surface area contributed by atoms with Crippen molar-refractivity contribution in [1.29, 1.82) is 0 Å². The molecule has 4 aliphatic heterocycles. The summed E-state index contributed by atoms with van der Waals surface area (Å²) >= 11 is 0. The smallest absolute Gasteiger partial charge is 0.253 e. The van der Waals surface area contributed by atoms with Crippen molar-refractivity contribution in [3.05, 3.63) is 89.5 Å². The molecule has 0 radical (unpaired) electrons. The van der Waals surface area contributed by atoms with E-state index in [1.165, 1.54) is 0 Å². The summed E-state index contributed by atoms with van der Waals surface area (Å²) in [6.07, 6.45) is 8.47. The fraction of sp³-hybridized carbons (Fsp3) is 0.441. The van der Waals surface area contributed by atoms with Crippen LogP contribution < -0.4 is 4.90 Å². The summed E-state index contributed by atoms with van der Waals surface area (Å²) in [4.78, 5) is 48.6. The first-order chi connectivity index (χ1) is 20.2. The highest BCUT2D eigenvalue weighted by Gasteiger charge is 2.75. The Morgan fingerprint density at radius 2 is 1.60 bits per heavy atom. The van der Waals surface area contributed by atoms with Crippen LogP contribution in [0.2, 0.25) is 0 Å². The number of benzene rings is 2. The fourth-order valence-corrected chi connectivity index (χ4v) is 7.78. The van der Waals surface area contributed by atoms with Crippen LogP contribution >= 0.6 is 0 Å². The number of carbonyl (C=O) groups is 3. The number of hydrogen-bond donors (Lipinski definition) is 1. The van der Waals surface area contributed by atoms with Crippen molar-refractivity contribution in [2.75, 3.05) is 31.6 Å². The highest BCUT2D eigenvalue weighted by Crippen LogP contribution is 2.59. The van der Waals surface area contributed by atoms with Crippen LogP contribution in [0.4, 0.5) is 5.69 Å². The molecule has 8 heteroatoms. The molecule has 6 atom stereocenters. The van der Waals surface area contributed by atoms with E-state index in [9.17, 15) is 19.5 Å². The molecule has 2 aromatic rings. The molecule has 0 aromatic heterocycles. The maximum absolute atomic E-state index is 14.9. The molecule has 4 aliphatic rings. The molecule has 6 rings (SSSR count). The van der Waals surface area contributed by atoms with Gasteiger partial charge in [0.15, 0.2) is 0 Å². The summed E-state index contributed by atoms with van der Waals surface area (Å²) in [6, 6.07) is 13.8. The van der Waals surface area contributed by atoms with Gasteiger partial charge in [0.05, 0.1) is 30.1 Å². The molecule has 0 bridgehead atoms. The van der Waals surface area contributed by atoms with Gasteiger partial charge in [0.25, 0.3) is 5.91 Å². The Balaban J connectivity index is 1.54. The van der Waals surface area contributed by atoms with E-state index in [0.29, 0.717) is 25.9 Å². The number of aliphatic hydroxyl groups excluding tert-OH is 1. The summed E-state index contributed by atoms with van der Waals surface area (Å²) in [5.41, 5.74) is 1.24. The minimum Gasteiger partial charge on any atom is -0.394 e. The van der Waals surface area contributed by atoms with Gasteiger partial charge in [0.1, 0.15) is 11.6 Å². The lowest BCUT2D eigenvalue weighted by Gasteiger charge is -2.41. The zero-order chi connectivity index (χ0) is 29.8. The third-order valence-electron chi connectivity index (χ3n) is 9.71. The minimum absolute atomic E-state index is 0.169. The van der Waals surface area contributed by atoms with Crippen LogP contribution in [0.3, 0.4) is 0 Å². The molecule has 1 spiro atoms. The van der Waals surface area contributed by atoms with Gasteiger partial charge in [-0.1, -0.05) is 79.8 Å². The summed E-state index contributed by atoms with van der Waals surface area (Å²) in [7, 11) is 1.74. The molecule has 1 N–H and O–H groups in total. The lowest BCUT2D eigenvalue weighted by atomic mass is 9.73. The van der Waals surface area contributed by atoms with Gasteiger partial charge in [0, 0.05) is 25.8 Å². The summed E-state index contributed by atoms with van der Waals surface area (Å²) in [5, 5.41) is 10.7. The number of ether oxygens (including phenoxy) is 1. The number of carbonyl (C=O) groups excluding carboxylic acids is 3. The molecule has 2 aromatic carbocycles. The summed E-state index contributed by atoms with van der Waals surface area (Å²) in [5.74, 6) is -2.48. The lowest BCUT2D eigenvalue weighted by molar-refractivity contribution is -0.152. The molecule has 4 heterocycles. The second-order valence-corrected chi connectivity index (χ2v) is 12.1. The molecular formula is C34H39N3O5. The molecular weight excluding hydrogens is 530 g/mol. The number of likely N-dealkylation sites (N-methyl/N-ethyl adjacent to an activating group) is 1. The topological polar surface area (TPSA) is 90.4 Å². The largest absolute Gasteiger partial charge is 0.394 e. The maximum atomic E-state index is 14.9. The number of para-hydroxylation sites is 1. The van der Waals surface area contributed by atoms with Gasteiger partial charge in [-0.05, 0) is 43.4 Å². The van der Waals surface area contributed by atoms with Gasteiger partial charge < -0.3 is 24.5 Å². The summed E-state index contributed by atoms with van der Waals surface area (Å²) < 4.78 is 7.04. The SMILES string of the molecule is CC[C@]12C=CCN(C)C(=O)[C@H]1[C@H]1C(=O)N([C@@H](CO)Cc3ccccc3)C3C(=O)N(c4c(C)cccc4C)CC=C[C@@]31O2. The quantitative estimate of drug-likeness (QED) is 0.540. The summed E-state index contributed by atoms with van der Waals surface area (Å²) in [6.45, 7) is 6.30. The van der Waals surface area contributed by atoms with E-state index in [4.69, 9.17) is 4.74 Å². The third-order valence-corrected chi connectivity index (χ3v) is 9.71. The molecule has 220 valence electrons. The Labute approximate surface area is 247 Å². The lowest BCUT2D eigenvalue weighted by Crippen LogP contribution is -2.59. The average molecular weight is 570 g/mol. The molecule has 0 aliphatic carbocycles. The van der Waals surface area contributed by atoms with Crippen molar-refractivity contribution >= 4 is 23.4 Å². The molecule has 0 saturated carbocycles. The van der Waals surface area contributed by atoms with Crippen LogP contribution in [0, 0.1) is 25.7 Å². The van der Waals surface area contributed by atoms with Crippen molar-refractivity contribution in [3.63, 3.8) is 0 Å². The Bertz CT molecular complexity index is 1450. The second-order valence-electron chi connectivity index (χ2n) is 12.1. The molecule has 8 nitrogen and oxygen atoms in total. The van der Waals surface area contributed by atoms with E-state index in [0.717, 1.165) is 22.4 Å². The Morgan fingerprint density at radius 3 is 2.26 bits per heavy atom. The van der Waals surface area contributed by atoms with E-state index in [1.807, 2.05) is 93.6 Å². The van der Waals surface area contributed by atoms with Gasteiger partial charge in [-0.3, -0.25) is 14.4 Å². The van der Waals surface area contributed by atoms with E-state index < -0.39 is 35.1 Å². The van der Waals surface area contributed by atoms with Gasteiger partial charge in [-0.15, -0.1) is 0 Å². The Morgan fingerprint density at radius 1 is 0.905 bits per heavy atom. The first-order valence-electron chi connectivity index (χ1n) is 14.8. The van der Waals surface area contributed by atoms with Crippen LogP contribution in [0.5, 0.6) is 0 Å². The number of nitrogens with zero attached hydrogens (tertiary/aromatic N) is 3.